The SMILES string of the molecule is C=Cc1c(CN2C(=O)C(C(=O)Cc3ccc(C(F)(F)F)cc3-c3cc(C(C)(F)F)ncn3)=C(N=O)C3(CCCC3)N2C)ccc(OCCN(C)C(C)(C)CCC)c1F. The number of amides is 1. The highest BCUT2D eigenvalue weighted by atomic mass is 19.4. The molecule has 5 rings (SSSR count). The van der Waals surface area contributed by atoms with Crippen molar-refractivity contribution >= 4 is 17.8 Å². The van der Waals surface area contributed by atoms with Crippen molar-refractivity contribution < 1.29 is 40.7 Å². The Morgan fingerprint density at radius 3 is 2.33 bits per heavy atom. The van der Waals surface area contributed by atoms with Crippen molar-refractivity contribution in [2.24, 2.45) is 5.18 Å². The lowest BCUT2D eigenvalue weighted by Crippen LogP contribution is -2.61. The molecule has 1 aliphatic heterocycles. The van der Waals surface area contributed by atoms with Crippen molar-refractivity contribution in [3.8, 4) is 17.0 Å². The number of ketones is 1. The third kappa shape index (κ3) is 8.87. The number of alkyl halides is 5. The summed E-state index contributed by atoms with van der Waals surface area (Å²) < 4.78 is 92.0. The minimum absolute atomic E-state index is 0.0139. The van der Waals surface area contributed by atoms with Crippen LogP contribution in [0.25, 0.3) is 17.3 Å². The number of carbonyl (C=O) groups excluding carboxylic acids is 2. The van der Waals surface area contributed by atoms with Crippen molar-refractivity contribution in [2.75, 3.05) is 27.2 Å². The minimum atomic E-state index is -4.84. The van der Waals surface area contributed by atoms with Gasteiger partial charge in [-0.15, -0.1) is 4.91 Å². The van der Waals surface area contributed by atoms with Gasteiger partial charge in [0.05, 0.1) is 23.3 Å². The van der Waals surface area contributed by atoms with Gasteiger partial charge in [0, 0.05) is 43.6 Å². The van der Waals surface area contributed by atoms with Crippen LogP contribution in [-0.4, -0.2) is 74.9 Å². The van der Waals surface area contributed by atoms with Gasteiger partial charge in [-0.1, -0.05) is 51.0 Å². The first-order chi connectivity index (χ1) is 27.2. The van der Waals surface area contributed by atoms with E-state index in [-0.39, 0.29) is 52.5 Å². The van der Waals surface area contributed by atoms with E-state index in [2.05, 4.69) is 47.4 Å². The van der Waals surface area contributed by atoms with E-state index in [1.165, 1.54) is 17.2 Å². The molecule has 1 spiro atoms. The number of hydrogen-bond acceptors (Lipinski definition) is 9. The molecule has 10 nitrogen and oxygen atoms in total. The van der Waals surface area contributed by atoms with E-state index in [9.17, 15) is 36.4 Å². The Labute approximate surface area is 333 Å². The van der Waals surface area contributed by atoms with Gasteiger partial charge < -0.3 is 4.74 Å². The number of ether oxygens (including phenoxy) is 1. The summed E-state index contributed by atoms with van der Waals surface area (Å²) in [4.78, 5) is 51.1. The molecule has 0 N–H and O–H groups in total. The fourth-order valence-electron chi connectivity index (χ4n) is 7.86. The highest BCUT2D eigenvalue weighted by molar-refractivity contribution is 6.21. The first-order valence-corrected chi connectivity index (χ1v) is 19.1. The van der Waals surface area contributed by atoms with Gasteiger partial charge in [0.15, 0.2) is 17.3 Å². The topological polar surface area (TPSA) is 108 Å². The monoisotopic (exact) mass is 814 g/mol. The number of halogens is 6. The number of hydrogen-bond donors (Lipinski definition) is 0. The lowest BCUT2D eigenvalue weighted by atomic mass is 9.84. The van der Waals surface area contributed by atoms with Crippen LogP contribution in [0, 0.1) is 10.7 Å². The maximum Gasteiger partial charge on any atom is 0.416 e. The molecule has 2 aliphatic rings. The zero-order chi connectivity index (χ0) is 42.8. The molecule has 1 aliphatic carbocycles. The van der Waals surface area contributed by atoms with Crippen LogP contribution >= 0.6 is 0 Å². The summed E-state index contributed by atoms with van der Waals surface area (Å²) in [6.07, 6.45) is 0.409. The standard InChI is InChI=1S/C42H48F6N6O4/c1-8-16-39(3,4)52(6)19-20-58-33-15-13-27(29(9-2)36(33)43)24-54-38(56)35(37(51-57)41(53(54)7)17-10-11-18-41)32(55)21-26-12-14-28(42(46,47)48)22-30(26)31-23-34(40(5,44)45)50-25-49-31/h9,12-15,22-23,25H,2,8,10-11,16-21,24H2,1,3-7H3. The second kappa shape index (κ2) is 17.1. The summed E-state index contributed by atoms with van der Waals surface area (Å²) in [6.45, 7) is 11.2. The molecule has 3 aromatic rings. The molecule has 1 amide bonds. The number of rotatable bonds is 16. The largest absolute Gasteiger partial charge is 0.489 e. The molecule has 312 valence electrons. The van der Waals surface area contributed by atoms with Crippen molar-refractivity contribution in [1.29, 1.82) is 0 Å². The summed E-state index contributed by atoms with van der Waals surface area (Å²) in [5, 5.41) is 6.01. The summed E-state index contributed by atoms with van der Waals surface area (Å²) in [5.74, 6) is -6.05. The third-order valence-corrected chi connectivity index (χ3v) is 11.4. The maximum absolute atomic E-state index is 16.0. The predicted octanol–water partition coefficient (Wildman–Crippen LogP) is 9.28. The van der Waals surface area contributed by atoms with Crippen molar-refractivity contribution in [1.82, 2.24) is 24.9 Å². The van der Waals surface area contributed by atoms with Gasteiger partial charge in [-0.3, -0.25) is 19.5 Å². The summed E-state index contributed by atoms with van der Waals surface area (Å²) in [6, 6.07) is 6.28. The molecule has 58 heavy (non-hydrogen) atoms. The van der Waals surface area contributed by atoms with Gasteiger partial charge >= 0.3 is 6.18 Å². The van der Waals surface area contributed by atoms with Gasteiger partial charge in [0.2, 0.25) is 0 Å². The molecular weight excluding hydrogens is 766 g/mol. The van der Waals surface area contributed by atoms with Gasteiger partial charge in [-0.25, -0.2) is 19.4 Å². The van der Waals surface area contributed by atoms with Gasteiger partial charge in [-0.2, -0.15) is 22.0 Å². The second-order valence-electron chi connectivity index (χ2n) is 15.6. The number of nitroso groups, excluding NO2 is 1. The Morgan fingerprint density at radius 1 is 1.05 bits per heavy atom. The van der Waals surface area contributed by atoms with Gasteiger partial charge in [0.1, 0.15) is 29.9 Å². The van der Waals surface area contributed by atoms with Crippen molar-refractivity contribution in [2.45, 2.75) is 102 Å². The van der Waals surface area contributed by atoms with E-state index in [1.54, 1.807) is 18.1 Å². The Hall–Kier alpha value is -4.96. The van der Waals surface area contributed by atoms with E-state index in [4.69, 9.17) is 4.74 Å². The van der Waals surface area contributed by atoms with Crippen LogP contribution in [0.1, 0.15) is 94.2 Å². The van der Waals surface area contributed by atoms with E-state index in [0.29, 0.717) is 50.8 Å². The molecule has 0 bridgehead atoms. The van der Waals surface area contributed by atoms with Gasteiger partial charge in [-0.05, 0) is 80.7 Å². The van der Waals surface area contributed by atoms with E-state index in [0.717, 1.165) is 37.4 Å². The zero-order valence-corrected chi connectivity index (χ0v) is 33.5. The predicted molar refractivity (Wildman–Crippen MR) is 207 cm³/mol. The number of carbonyl (C=O) groups is 2. The molecule has 0 radical (unpaired) electrons. The number of hydrazine groups is 1. The van der Waals surface area contributed by atoms with E-state index < -0.39 is 58.4 Å². The Morgan fingerprint density at radius 2 is 1.72 bits per heavy atom. The van der Waals surface area contributed by atoms with Crippen LogP contribution in [-0.2, 0) is 34.7 Å². The molecule has 1 fully saturated rings. The number of nitrogens with zero attached hydrogens (tertiary/aromatic N) is 6. The number of aromatic nitrogens is 2. The highest BCUT2D eigenvalue weighted by Crippen LogP contribution is 2.47. The normalized spacial score (nSPS) is 16.4. The van der Waals surface area contributed by atoms with Crippen LogP contribution in [0.4, 0.5) is 26.3 Å². The number of Topliss-reactive ketones (excluding diaryl/α,β-unsaturated/α-hetero) is 1. The molecular formula is C42H48F6N6O4. The molecule has 0 saturated heterocycles. The maximum atomic E-state index is 16.0. The quantitative estimate of drug-likeness (QED) is 0.0801. The number of benzene rings is 2. The smallest absolute Gasteiger partial charge is 0.416 e. The molecule has 0 unspecified atom stereocenters. The lowest BCUT2D eigenvalue weighted by Gasteiger charge is -2.48. The molecule has 2 heterocycles. The van der Waals surface area contributed by atoms with E-state index >= 15 is 4.39 Å². The van der Waals surface area contributed by atoms with E-state index in [1.807, 2.05) is 7.05 Å². The Bertz CT molecular complexity index is 2090. The highest BCUT2D eigenvalue weighted by Gasteiger charge is 2.53. The average molecular weight is 815 g/mol. The fraction of sp³-hybridized carbons (Fsp3) is 0.476. The zero-order valence-electron chi connectivity index (χ0n) is 33.5. The van der Waals surface area contributed by atoms with Crippen molar-refractivity contribution in [3.05, 3.63) is 99.2 Å². The molecule has 1 aromatic heterocycles. The van der Waals surface area contributed by atoms with Crippen molar-refractivity contribution in [3.63, 3.8) is 0 Å². The Kier molecular flexibility index (Phi) is 13.0. The average Bonchev–Trinajstić information content (AvgIpc) is 3.65. The third-order valence-electron chi connectivity index (χ3n) is 11.4. The fourth-order valence-corrected chi connectivity index (χ4v) is 7.86. The lowest BCUT2D eigenvalue weighted by molar-refractivity contribution is -0.159. The second-order valence-corrected chi connectivity index (χ2v) is 15.6. The van der Waals surface area contributed by atoms with Crippen LogP contribution in [0.2, 0.25) is 0 Å². The summed E-state index contributed by atoms with van der Waals surface area (Å²) >= 11 is 0. The summed E-state index contributed by atoms with van der Waals surface area (Å²) in [5.41, 5.74) is -4.37. The molecule has 2 aromatic carbocycles. The summed E-state index contributed by atoms with van der Waals surface area (Å²) in [7, 11) is 3.56. The first kappa shape index (κ1) is 44.1. The van der Waals surface area contributed by atoms with Crippen LogP contribution in [0.5, 0.6) is 5.75 Å². The molecule has 1 saturated carbocycles. The first-order valence-electron chi connectivity index (χ1n) is 19.1. The number of likely N-dealkylation sites (N-methyl/N-ethyl adjacent to an activating group) is 2. The van der Waals surface area contributed by atoms with Crippen LogP contribution in [0.3, 0.4) is 0 Å². The Balaban J connectivity index is 1.51. The minimum Gasteiger partial charge on any atom is -0.489 e. The van der Waals surface area contributed by atoms with Crippen LogP contribution in [0.15, 0.2) is 65.8 Å². The van der Waals surface area contributed by atoms with Crippen LogP contribution < -0.4 is 4.74 Å². The molecule has 16 heteroatoms. The molecule has 0 atom stereocenters. The van der Waals surface area contributed by atoms with Gasteiger partial charge in [0.25, 0.3) is 11.8 Å².